The fraction of sp³-hybridized carbons (Fsp3) is 0.286. The summed E-state index contributed by atoms with van der Waals surface area (Å²) in [5, 5.41) is -0.545. The van der Waals surface area contributed by atoms with Crippen molar-refractivity contribution in [1.29, 1.82) is 0 Å². The van der Waals surface area contributed by atoms with E-state index in [1.807, 2.05) is 4.98 Å². The lowest BCUT2D eigenvalue weighted by Gasteiger charge is -2.02. The van der Waals surface area contributed by atoms with Crippen LogP contribution in [0.15, 0.2) is 9.59 Å². The quantitative estimate of drug-likeness (QED) is 0.748. The molecule has 0 radical (unpaired) electrons. The van der Waals surface area contributed by atoms with Crippen LogP contribution in [0.5, 0.6) is 0 Å². The van der Waals surface area contributed by atoms with Gasteiger partial charge >= 0.3 is 12.2 Å². The Balaban J connectivity index is 3.07. The SMILES string of the molecule is Cn1c(=O)[nH]c(=O)c2c1nc(Cl)n2C(F)F. The lowest BCUT2D eigenvalue weighted by molar-refractivity contribution is 0.0747. The Morgan fingerprint density at radius 1 is 1.44 bits per heavy atom. The monoisotopic (exact) mass is 250 g/mol. The molecule has 16 heavy (non-hydrogen) atoms. The van der Waals surface area contributed by atoms with Crippen LogP contribution in [0, 0.1) is 0 Å². The molecule has 2 heterocycles. The van der Waals surface area contributed by atoms with Gasteiger partial charge < -0.3 is 0 Å². The van der Waals surface area contributed by atoms with Crippen molar-refractivity contribution < 1.29 is 8.78 Å². The number of imidazole rings is 1. The third-order valence-electron chi connectivity index (χ3n) is 2.10. The number of aryl methyl sites for hydroxylation is 1. The van der Waals surface area contributed by atoms with Crippen molar-refractivity contribution in [3.63, 3.8) is 0 Å². The first kappa shape index (κ1) is 10.8. The summed E-state index contributed by atoms with van der Waals surface area (Å²) in [7, 11) is 1.29. The van der Waals surface area contributed by atoms with Gasteiger partial charge in [0.15, 0.2) is 11.2 Å². The summed E-state index contributed by atoms with van der Waals surface area (Å²) in [6, 6.07) is 0. The summed E-state index contributed by atoms with van der Waals surface area (Å²) in [5.74, 6) is 0. The van der Waals surface area contributed by atoms with Crippen LogP contribution < -0.4 is 11.2 Å². The molecular formula is C7H5ClF2N4O2. The van der Waals surface area contributed by atoms with Crippen molar-refractivity contribution in [1.82, 2.24) is 19.1 Å². The van der Waals surface area contributed by atoms with Crippen LogP contribution in [-0.4, -0.2) is 19.1 Å². The van der Waals surface area contributed by atoms with Crippen LogP contribution in [0.3, 0.4) is 0 Å². The molecule has 0 unspecified atom stereocenters. The summed E-state index contributed by atoms with van der Waals surface area (Å²) in [6.45, 7) is -3.00. The van der Waals surface area contributed by atoms with Gasteiger partial charge in [0.2, 0.25) is 5.28 Å². The van der Waals surface area contributed by atoms with Gasteiger partial charge in [-0.15, -0.1) is 0 Å². The molecule has 0 saturated carbocycles. The minimum atomic E-state index is -3.00. The van der Waals surface area contributed by atoms with Gasteiger partial charge in [0, 0.05) is 7.05 Å². The summed E-state index contributed by atoms with van der Waals surface area (Å²) >= 11 is 5.46. The Kier molecular flexibility index (Phi) is 2.30. The Hall–Kier alpha value is -1.70. The van der Waals surface area contributed by atoms with E-state index in [0.29, 0.717) is 0 Å². The average Bonchev–Trinajstić information content (AvgIpc) is 2.52. The predicted molar refractivity (Wildman–Crippen MR) is 51.9 cm³/mol. The smallest absolute Gasteiger partial charge is 0.279 e. The first-order chi connectivity index (χ1) is 7.43. The summed E-state index contributed by atoms with van der Waals surface area (Å²) in [5.41, 5.74) is -2.30. The third kappa shape index (κ3) is 1.33. The van der Waals surface area contributed by atoms with Gasteiger partial charge in [-0.05, 0) is 11.6 Å². The van der Waals surface area contributed by atoms with E-state index < -0.39 is 28.6 Å². The highest BCUT2D eigenvalue weighted by atomic mass is 35.5. The highest BCUT2D eigenvalue weighted by molar-refractivity contribution is 6.29. The minimum Gasteiger partial charge on any atom is -0.279 e. The maximum Gasteiger partial charge on any atom is 0.329 e. The molecule has 0 aliphatic heterocycles. The molecule has 2 aromatic heterocycles. The number of alkyl halides is 2. The zero-order chi connectivity index (χ0) is 12.0. The molecule has 0 amide bonds. The van der Waals surface area contributed by atoms with Crippen LogP contribution in [0.4, 0.5) is 8.78 Å². The van der Waals surface area contributed by atoms with Crippen molar-refractivity contribution in [2.24, 2.45) is 7.05 Å². The van der Waals surface area contributed by atoms with Crippen LogP contribution in [0.1, 0.15) is 6.55 Å². The molecule has 0 atom stereocenters. The molecule has 0 saturated heterocycles. The predicted octanol–water partition coefficient (Wildman–Crippen LogP) is 0.472. The van der Waals surface area contributed by atoms with Gasteiger partial charge in [0.1, 0.15) is 0 Å². The zero-order valence-electron chi connectivity index (χ0n) is 7.87. The number of aromatic nitrogens is 4. The lowest BCUT2D eigenvalue weighted by Crippen LogP contribution is -2.29. The van der Waals surface area contributed by atoms with Gasteiger partial charge in [-0.3, -0.25) is 14.3 Å². The molecule has 0 aliphatic carbocycles. The fourth-order valence-electron chi connectivity index (χ4n) is 1.35. The second-order valence-electron chi connectivity index (χ2n) is 3.02. The number of fused-ring (bicyclic) bond motifs is 1. The highest BCUT2D eigenvalue weighted by Gasteiger charge is 2.21. The van der Waals surface area contributed by atoms with E-state index in [4.69, 9.17) is 11.6 Å². The molecule has 0 aliphatic rings. The van der Waals surface area contributed by atoms with Crippen LogP contribution in [0.25, 0.3) is 11.2 Å². The van der Waals surface area contributed by atoms with Crippen molar-refractivity contribution in [2.75, 3.05) is 0 Å². The van der Waals surface area contributed by atoms with Gasteiger partial charge in [0.05, 0.1) is 0 Å². The Morgan fingerprint density at radius 3 is 2.62 bits per heavy atom. The molecular weight excluding hydrogens is 246 g/mol. The van der Waals surface area contributed by atoms with E-state index >= 15 is 0 Å². The highest BCUT2D eigenvalue weighted by Crippen LogP contribution is 2.22. The average molecular weight is 251 g/mol. The van der Waals surface area contributed by atoms with Gasteiger partial charge in [0.25, 0.3) is 5.56 Å². The Labute approximate surface area is 91.1 Å². The molecule has 1 N–H and O–H groups in total. The molecule has 0 fully saturated rings. The third-order valence-corrected chi connectivity index (χ3v) is 2.37. The van der Waals surface area contributed by atoms with Gasteiger partial charge in [-0.1, -0.05) is 0 Å². The van der Waals surface area contributed by atoms with Crippen LogP contribution in [0.2, 0.25) is 5.28 Å². The van der Waals surface area contributed by atoms with Crippen LogP contribution in [-0.2, 0) is 7.05 Å². The maximum atomic E-state index is 12.6. The lowest BCUT2D eigenvalue weighted by atomic mass is 10.5. The van der Waals surface area contributed by atoms with Gasteiger partial charge in [-0.25, -0.2) is 9.36 Å². The molecule has 86 valence electrons. The number of aromatic amines is 1. The first-order valence-electron chi connectivity index (χ1n) is 4.08. The van der Waals surface area contributed by atoms with Gasteiger partial charge in [-0.2, -0.15) is 13.8 Å². The fourth-order valence-corrected chi connectivity index (χ4v) is 1.59. The Bertz CT molecular complexity index is 671. The number of hydrogen-bond acceptors (Lipinski definition) is 3. The summed E-state index contributed by atoms with van der Waals surface area (Å²) < 4.78 is 26.4. The molecule has 0 bridgehead atoms. The topological polar surface area (TPSA) is 72.7 Å². The van der Waals surface area contributed by atoms with E-state index in [9.17, 15) is 18.4 Å². The van der Waals surface area contributed by atoms with Crippen LogP contribution >= 0.6 is 11.6 Å². The van der Waals surface area contributed by atoms with Crippen molar-refractivity contribution in [3.8, 4) is 0 Å². The number of hydrogen-bond donors (Lipinski definition) is 1. The van der Waals surface area contributed by atoms with E-state index in [1.165, 1.54) is 7.05 Å². The molecule has 2 aromatic rings. The van der Waals surface area contributed by atoms with E-state index in [1.54, 1.807) is 0 Å². The Morgan fingerprint density at radius 2 is 2.06 bits per heavy atom. The molecule has 0 spiro atoms. The van der Waals surface area contributed by atoms with E-state index in [0.717, 1.165) is 4.57 Å². The molecule has 2 rings (SSSR count). The molecule has 9 heteroatoms. The largest absolute Gasteiger partial charge is 0.329 e. The first-order valence-corrected chi connectivity index (χ1v) is 4.46. The normalized spacial score (nSPS) is 11.6. The van der Waals surface area contributed by atoms with E-state index in [2.05, 4.69) is 4.98 Å². The second-order valence-corrected chi connectivity index (χ2v) is 3.36. The zero-order valence-corrected chi connectivity index (χ0v) is 8.63. The number of rotatable bonds is 1. The number of nitrogens with one attached hydrogen (secondary N) is 1. The molecule has 6 nitrogen and oxygen atoms in total. The standard InChI is InChI=1S/C7H5ClF2N4O2/c1-13-3-2(4(15)12-7(13)16)14(6(9)10)5(8)11-3/h6H,1H3,(H,12,15,16). The summed E-state index contributed by atoms with van der Waals surface area (Å²) in [4.78, 5) is 28.0. The van der Waals surface area contributed by atoms with E-state index in [-0.39, 0.29) is 10.2 Å². The number of halogens is 3. The maximum absolute atomic E-state index is 12.6. The summed E-state index contributed by atoms with van der Waals surface area (Å²) in [6.07, 6.45) is 0. The van der Waals surface area contributed by atoms with Crippen molar-refractivity contribution in [2.45, 2.75) is 6.55 Å². The van der Waals surface area contributed by atoms with Crippen molar-refractivity contribution in [3.05, 3.63) is 26.1 Å². The minimum absolute atomic E-state index is 0.181. The molecule has 0 aromatic carbocycles. The van der Waals surface area contributed by atoms with Crippen molar-refractivity contribution >= 4 is 22.8 Å². The number of nitrogens with zero attached hydrogens (tertiary/aromatic N) is 3. The number of H-pyrrole nitrogens is 1. The second kappa shape index (κ2) is 3.41.